The van der Waals surface area contributed by atoms with Gasteiger partial charge < -0.3 is 64.2 Å². The lowest BCUT2D eigenvalue weighted by atomic mass is 9.98. The van der Waals surface area contributed by atoms with Crippen LogP contribution in [0.4, 0.5) is 0 Å². The van der Waals surface area contributed by atoms with Crippen molar-refractivity contribution >= 4 is 5.97 Å². The van der Waals surface area contributed by atoms with Crippen molar-refractivity contribution in [3.63, 3.8) is 0 Å². The molecule has 2 rings (SSSR count). The van der Waals surface area contributed by atoms with Gasteiger partial charge in [0, 0.05) is 13.0 Å². The summed E-state index contributed by atoms with van der Waals surface area (Å²) in [6, 6.07) is 0. The number of rotatable bonds is 36. The Morgan fingerprint density at radius 2 is 1.00 bits per heavy atom. The third kappa shape index (κ3) is 23.1. The van der Waals surface area contributed by atoms with Crippen LogP contribution >= 0.6 is 0 Å². The number of ether oxygens (including phenoxy) is 6. The zero-order chi connectivity index (χ0) is 43.1. The summed E-state index contributed by atoms with van der Waals surface area (Å²) in [5.74, 6) is -0.427. The number of aliphatic hydroxyl groups is 7. The summed E-state index contributed by atoms with van der Waals surface area (Å²) in [6.45, 7) is 3.31. The highest BCUT2D eigenvalue weighted by atomic mass is 16.7. The van der Waals surface area contributed by atoms with Gasteiger partial charge in [-0.15, -0.1) is 0 Å². The van der Waals surface area contributed by atoms with Gasteiger partial charge in [-0.25, -0.2) is 0 Å². The minimum absolute atomic E-state index is 0.0587. The van der Waals surface area contributed by atoms with E-state index in [2.05, 4.69) is 19.1 Å². The Morgan fingerprint density at radius 1 is 0.542 bits per heavy atom. The van der Waals surface area contributed by atoms with Crippen molar-refractivity contribution in [3.05, 3.63) is 12.2 Å². The monoisotopic (exact) mass is 849 g/mol. The van der Waals surface area contributed by atoms with E-state index in [0.29, 0.717) is 13.0 Å². The van der Waals surface area contributed by atoms with Crippen LogP contribution in [-0.4, -0.2) is 142 Å². The maximum Gasteiger partial charge on any atom is 0.306 e. The van der Waals surface area contributed by atoms with E-state index in [9.17, 15) is 40.5 Å². The van der Waals surface area contributed by atoms with E-state index in [4.69, 9.17) is 28.4 Å². The molecule has 7 N–H and O–H groups in total. The summed E-state index contributed by atoms with van der Waals surface area (Å²) in [6.07, 6.45) is 17.7. The van der Waals surface area contributed by atoms with Gasteiger partial charge in [0.25, 0.3) is 0 Å². The van der Waals surface area contributed by atoms with E-state index in [1.54, 1.807) is 0 Å². The molecule has 0 aromatic heterocycles. The fourth-order valence-electron chi connectivity index (χ4n) is 7.43. The molecule has 0 saturated carbocycles. The largest absolute Gasteiger partial charge is 0.457 e. The molecule has 14 nitrogen and oxygen atoms in total. The third-order valence-electron chi connectivity index (χ3n) is 11.2. The molecule has 2 saturated heterocycles. The van der Waals surface area contributed by atoms with E-state index in [1.807, 2.05) is 6.92 Å². The number of carbonyl (C=O) groups is 1. The van der Waals surface area contributed by atoms with Crippen LogP contribution in [0.3, 0.4) is 0 Å². The Labute approximate surface area is 354 Å². The van der Waals surface area contributed by atoms with Gasteiger partial charge in [-0.3, -0.25) is 4.79 Å². The first-order valence-electron chi connectivity index (χ1n) is 23.3. The second-order valence-corrected chi connectivity index (χ2v) is 16.6. The van der Waals surface area contributed by atoms with Gasteiger partial charge in [0.15, 0.2) is 12.6 Å². The number of hydrogen-bond acceptors (Lipinski definition) is 14. The summed E-state index contributed by atoms with van der Waals surface area (Å²) < 4.78 is 33.6. The van der Waals surface area contributed by atoms with Gasteiger partial charge >= 0.3 is 5.97 Å². The molecule has 0 radical (unpaired) electrons. The Bertz CT molecular complexity index is 1030. The van der Waals surface area contributed by atoms with Gasteiger partial charge in [0.05, 0.1) is 26.4 Å². The first-order valence-corrected chi connectivity index (χ1v) is 23.3. The molecule has 0 aromatic carbocycles. The van der Waals surface area contributed by atoms with Crippen molar-refractivity contribution in [2.24, 2.45) is 0 Å². The molecule has 0 aromatic rings. The Balaban J connectivity index is 1.55. The number of aliphatic hydroxyl groups excluding tert-OH is 7. The van der Waals surface area contributed by atoms with Crippen molar-refractivity contribution in [3.8, 4) is 0 Å². The van der Waals surface area contributed by atoms with Crippen LogP contribution in [0.5, 0.6) is 0 Å². The molecule has 2 aliphatic rings. The molecule has 2 fully saturated rings. The lowest BCUT2D eigenvalue weighted by Gasteiger charge is -2.42. The summed E-state index contributed by atoms with van der Waals surface area (Å²) in [7, 11) is 0. The van der Waals surface area contributed by atoms with E-state index in [1.165, 1.54) is 122 Å². The highest BCUT2D eigenvalue weighted by Gasteiger charge is 2.47. The van der Waals surface area contributed by atoms with Crippen molar-refractivity contribution in [1.82, 2.24) is 0 Å². The second-order valence-electron chi connectivity index (χ2n) is 16.6. The number of unbranched alkanes of at least 4 members (excludes halogenated alkanes) is 20. The zero-order valence-electron chi connectivity index (χ0n) is 36.5. The first-order chi connectivity index (χ1) is 28.6. The van der Waals surface area contributed by atoms with Gasteiger partial charge in [0.1, 0.15) is 54.9 Å². The first kappa shape index (κ1) is 53.9. The highest BCUT2D eigenvalue weighted by Crippen LogP contribution is 2.26. The zero-order valence-corrected chi connectivity index (χ0v) is 36.5. The molecule has 0 aliphatic carbocycles. The molecule has 11 atom stereocenters. The normalized spacial score (nSPS) is 28.0. The topological polar surface area (TPSA) is 214 Å². The molecule has 0 spiro atoms. The Hall–Kier alpha value is -1.27. The minimum atomic E-state index is -1.70. The van der Waals surface area contributed by atoms with Crippen LogP contribution in [-0.2, 0) is 33.2 Å². The van der Waals surface area contributed by atoms with E-state index in [0.717, 1.165) is 19.3 Å². The molecule has 14 heteroatoms. The predicted molar refractivity (Wildman–Crippen MR) is 224 cm³/mol. The summed E-state index contributed by atoms with van der Waals surface area (Å²) in [4.78, 5) is 12.3. The Kier molecular flexibility index (Phi) is 31.3. The number of hydrogen-bond donors (Lipinski definition) is 7. The summed E-state index contributed by atoms with van der Waals surface area (Å²) in [5, 5.41) is 71.3. The molecule has 11 unspecified atom stereocenters. The molecule has 59 heavy (non-hydrogen) atoms. The fraction of sp³-hybridized carbons (Fsp3) is 0.933. The highest BCUT2D eigenvalue weighted by molar-refractivity contribution is 5.69. The van der Waals surface area contributed by atoms with Crippen LogP contribution < -0.4 is 0 Å². The van der Waals surface area contributed by atoms with Crippen LogP contribution in [0.15, 0.2) is 12.2 Å². The molecule has 2 aliphatic heterocycles. The maximum atomic E-state index is 12.3. The Morgan fingerprint density at radius 3 is 1.51 bits per heavy atom. The van der Waals surface area contributed by atoms with E-state index < -0.39 is 86.7 Å². The van der Waals surface area contributed by atoms with Crippen LogP contribution in [0.2, 0.25) is 0 Å². The van der Waals surface area contributed by atoms with Crippen LogP contribution in [0.1, 0.15) is 168 Å². The maximum absolute atomic E-state index is 12.3. The van der Waals surface area contributed by atoms with Gasteiger partial charge in [0.2, 0.25) is 0 Å². The van der Waals surface area contributed by atoms with Crippen LogP contribution in [0, 0.1) is 0 Å². The quantitative estimate of drug-likeness (QED) is 0.0235. The predicted octanol–water partition coefficient (Wildman–Crippen LogP) is 5.51. The third-order valence-corrected chi connectivity index (χ3v) is 11.2. The molecule has 2 heterocycles. The smallest absolute Gasteiger partial charge is 0.306 e. The lowest BCUT2D eigenvalue weighted by molar-refractivity contribution is -0.332. The standard InChI is InChI=1S/C45H84O14/c1-3-5-6-7-8-9-10-11-12-13-14-15-16-17-18-19-20-21-22-23-24-25-26-27-29-54-31-34(57-37(47)28-4-2)32-55-44-43(53)41(51)39(49)36(59-44)33-56-45-42(52)40(50)38(48)35(30-46)58-45/h13-14,34-36,38-46,48-53H,3-12,15-33H2,1-2H3/b14-13-. The average molecular weight is 849 g/mol. The van der Waals surface area contributed by atoms with E-state index >= 15 is 0 Å². The number of esters is 1. The molecule has 348 valence electrons. The summed E-state index contributed by atoms with van der Waals surface area (Å²) in [5.41, 5.74) is 0. The SMILES string of the molecule is CCCCCCCCCC/C=C\CCCCCCCCCCCCCCOCC(COC1OC(COC2OC(CO)C(O)C(O)C2O)C(O)C(O)C1O)OC(=O)CCC. The van der Waals surface area contributed by atoms with Crippen molar-refractivity contribution in [2.75, 3.05) is 33.0 Å². The summed E-state index contributed by atoms with van der Waals surface area (Å²) >= 11 is 0. The average Bonchev–Trinajstić information content (AvgIpc) is 3.23. The van der Waals surface area contributed by atoms with Crippen molar-refractivity contribution in [2.45, 2.75) is 235 Å². The van der Waals surface area contributed by atoms with Gasteiger partial charge in [-0.05, 0) is 38.5 Å². The fourth-order valence-corrected chi connectivity index (χ4v) is 7.43. The molecular weight excluding hydrogens is 764 g/mol. The van der Waals surface area contributed by atoms with E-state index in [-0.39, 0.29) is 19.6 Å². The van der Waals surface area contributed by atoms with Crippen molar-refractivity contribution < 1.29 is 69.0 Å². The lowest BCUT2D eigenvalue weighted by Crippen LogP contribution is -2.61. The second kappa shape index (κ2) is 34.2. The molecular formula is C45H84O14. The van der Waals surface area contributed by atoms with Crippen molar-refractivity contribution in [1.29, 1.82) is 0 Å². The molecule has 0 bridgehead atoms. The van der Waals surface area contributed by atoms with Gasteiger partial charge in [-0.1, -0.05) is 135 Å². The molecule has 0 amide bonds. The number of allylic oxidation sites excluding steroid dienone is 2. The van der Waals surface area contributed by atoms with Gasteiger partial charge in [-0.2, -0.15) is 0 Å². The minimum Gasteiger partial charge on any atom is -0.457 e. The number of carbonyl (C=O) groups excluding carboxylic acids is 1. The van der Waals surface area contributed by atoms with Crippen LogP contribution in [0.25, 0.3) is 0 Å².